The average Bonchev–Trinajstić information content (AvgIpc) is 3.21. The fourth-order valence-electron chi connectivity index (χ4n) is 10.7. The molecule has 2 heteroatoms. The van der Waals surface area contributed by atoms with Crippen molar-refractivity contribution in [3.63, 3.8) is 0 Å². The van der Waals surface area contributed by atoms with Crippen molar-refractivity contribution in [2.45, 2.75) is 132 Å². The summed E-state index contributed by atoms with van der Waals surface area (Å²) in [5.41, 5.74) is 19.8. The minimum absolute atomic E-state index is 0.00212. The molecule has 0 amide bonds. The monoisotopic (exact) mass is 815 g/mol. The molecule has 0 radical (unpaired) electrons. The van der Waals surface area contributed by atoms with Gasteiger partial charge in [-0.05, 0) is 171 Å². The smallest absolute Gasteiger partial charge is 0.0543 e. The second-order valence-electron chi connectivity index (χ2n) is 21.6. The highest BCUT2D eigenvalue weighted by molar-refractivity contribution is 6.30. The van der Waals surface area contributed by atoms with Crippen LogP contribution < -0.4 is 9.80 Å². The van der Waals surface area contributed by atoms with Crippen molar-refractivity contribution in [1.82, 2.24) is 0 Å². The number of hydrogen-bond donors (Lipinski definition) is 0. The molecule has 0 spiro atoms. The summed E-state index contributed by atoms with van der Waals surface area (Å²) in [5.74, 6) is 0.316. The Bertz CT molecular complexity index is 2960. The molecule has 0 aliphatic heterocycles. The molecule has 62 heavy (non-hydrogen) atoms. The van der Waals surface area contributed by atoms with Gasteiger partial charge in [-0.15, -0.1) is 0 Å². The lowest BCUT2D eigenvalue weighted by Gasteiger charge is -2.38. The summed E-state index contributed by atoms with van der Waals surface area (Å²) in [6.07, 6.45) is 2.14. The minimum atomic E-state index is 0.00212. The van der Waals surface area contributed by atoms with E-state index >= 15 is 0 Å². The molecule has 0 bridgehead atoms. The molecule has 316 valence electrons. The van der Waals surface area contributed by atoms with Gasteiger partial charge in [-0.1, -0.05) is 142 Å². The normalized spacial score (nSPS) is 14.1. The second kappa shape index (κ2) is 14.8. The summed E-state index contributed by atoms with van der Waals surface area (Å²) in [5, 5.41) is 8.25. The number of rotatable bonds is 7. The van der Waals surface area contributed by atoms with Crippen LogP contribution in [0.1, 0.15) is 132 Å². The van der Waals surface area contributed by atoms with Crippen LogP contribution in [0.5, 0.6) is 0 Å². The van der Waals surface area contributed by atoms with Crippen molar-refractivity contribution < 1.29 is 0 Å². The van der Waals surface area contributed by atoms with Crippen LogP contribution in [-0.2, 0) is 22.7 Å². The highest BCUT2D eigenvalue weighted by Gasteiger charge is 2.35. The third-order valence-corrected chi connectivity index (χ3v) is 14.1. The molecule has 0 aromatic heterocycles. The first-order valence-corrected chi connectivity index (χ1v) is 23.0. The van der Waals surface area contributed by atoms with Crippen LogP contribution in [0.3, 0.4) is 0 Å². The zero-order chi connectivity index (χ0) is 44.2. The van der Waals surface area contributed by atoms with E-state index in [0.29, 0.717) is 5.92 Å². The maximum absolute atomic E-state index is 2.62. The molecule has 8 aromatic rings. The molecule has 8 aromatic carbocycles. The SMILES string of the molecule is Cc1cc(C(C)(C)C)cc(C)c1N(c1ccccc1)c1cc(C(C)C)c2ccc3c(N(c4ccccc4)c4c(C)cc(C(C)(C)C)cc4C)cc4c5c(cc1c2c35)C(C)(C)CC4. The zero-order valence-corrected chi connectivity index (χ0v) is 39.9. The first kappa shape index (κ1) is 41.7. The summed E-state index contributed by atoms with van der Waals surface area (Å²) >= 11 is 0. The Hall–Kier alpha value is -5.60. The first-order chi connectivity index (χ1) is 29.3. The molecule has 0 atom stereocenters. The lowest BCUT2D eigenvalue weighted by Crippen LogP contribution is -2.24. The van der Waals surface area contributed by atoms with Gasteiger partial charge in [-0.2, -0.15) is 0 Å². The molecule has 0 saturated heterocycles. The zero-order valence-electron chi connectivity index (χ0n) is 39.9. The van der Waals surface area contributed by atoms with E-state index in [9.17, 15) is 0 Å². The number of hydrogen-bond acceptors (Lipinski definition) is 2. The van der Waals surface area contributed by atoms with Crippen LogP contribution >= 0.6 is 0 Å². The fraction of sp³-hybridized carbons (Fsp3) is 0.333. The molecular formula is C60H66N2. The molecule has 9 rings (SSSR count). The number of aryl methyl sites for hydroxylation is 5. The van der Waals surface area contributed by atoms with Gasteiger partial charge in [0.1, 0.15) is 0 Å². The Labute approximate surface area is 371 Å². The number of anilines is 6. The van der Waals surface area contributed by atoms with E-state index in [4.69, 9.17) is 0 Å². The average molecular weight is 815 g/mol. The number of benzene rings is 8. The molecular weight excluding hydrogens is 749 g/mol. The Balaban J connectivity index is 1.45. The maximum atomic E-state index is 2.62. The van der Waals surface area contributed by atoms with Crippen molar-refractivity contribution >= 4 is 66.4 Å². The molecule has 0 fully saturated rings. The van der Waals surface area contributed by atoms with E-state index < -0.39 is 0 Å². The van der Waals surface area contributed by atoms with E-state index in [1.54, 1.807) is 0 Å². The Morgan fingerprint density at radius 3 is 1.40 bits per heavy atom. The van der Waals surface area contributed by atoms with Gasteiger partial charge >= 0.3 is 0 Å². The van der Waals surface area contributed by atoms with E-state index in [1.165, 1.54) is 117 Å². The Morgan fingerprint density at radius 2 is 0.952 bits per heavy atom. The van der Waals surface area contributed by atoms with Crippen molar-refractivity contribution in [1.29, 1.82) is 0 Å². The largest absolute Gasteiger partial charge is 0.309 e. The van der Waals surface area contributed by atoms with E-state index in [0.717, 1.165) is 12.8 Å². The van der Waals surface area contributed by atoms with Crippen LogP contribution in [-0.4, -0.2) is 0 Å². The van der Waals surface area contributed by atoms with Crippen molar-refractivity contribution in [2.75, 3.05) is 9.80 Å². The van der Waals surface area contributed by atoms with Gasteiger partial charge in [0.05, 0.1) is 22.7 Å². The van der Waals surface area contributed by atoms with Gasteiger partial charge in [0.15, 0.2) is 0 Å². The quantitative estimate of drug-likeness (QED) is 0.148. The fourth-order valence-corrected chi connectivity index (χ4v) is 10.7. The molecule has 1 aliphatic carbocycles. The topological polar surface area (TPSA) is 6.48 Å². The van der Waals surface area contributed by atoms with Gasteiger partial charge in [-0.25, -0.2) is 0 Å². The maximum Gasteiger partial charge on any atom is 0.0543 e. The predicted octanol–water partition coefficient (Wildman–Crippen LogP) is 17.7. The molecule has 2 nitrogen and oxygen atoms in total. The summed E-state index contributed by atoms with van der Waals surface area (Å²) < 4.78 is 0. The predicted molar refractivity (Wildman–Crippen MR) is 271 cm³/mol. The van der Waals surface area contributed by atoms with Gasteiger partial charge < -0.3 is 9.80 Å². The lowest BCUT2D eigenvalue weighted by molar-refractivity contribution is 0.475. The van der Waals surface area contributed by atoms with Crippen molar-refractivity contribution in [3.8, 4) is 0 Å². The lowest BCUT2D eigenvalue weighted by atomic mass is 9.70. The van der Waals surface area contributed by atoms with Gasteiger partial charge in [-0.3, -0.25) is 0 Å². The molecule has 0 saturated carbocycles. The summed E-state index contributed by atoms with van der Waals surface area (Å²) in [7, 11) is 0. The summed E-state index contributed by atoms with van der Waals surface area (Å²) in [6.45, 7) is 32.9. The van der Waals surface area contributed by atoms with Gasteiger partial charge in [0, 0.05) is 27.5 Å². The van der Waals surface area contributed by atoms with Crippen LogP contribution in [0.4, 0.5) is 34.1 Å². The summed E-state index contributed by atoms with van der Waals surface area (Å²) in [4.78, 5) is 5.18. The standard InChI is InChI=1S/C60H66N2/c1-36(2)48-35-52(62(45-23-19-16-20-24-45)57-39(5)31-43(32-40(57)6)59(10,11)12)49-34-50-53-41(27-28-60(50,13)14)33-51(47-26-25-46(48)54(49)55(47)53)61(44-21-17-15-18-22-44)56-37(3)29-42(30-38(56)4)58(7,8)9/h15-26,29-36H,27-28H2,1-14H3. The van der Waals surface area contributed by atoms with Crippen molar-refractivity contribution in [3.05, 3.63) is 165 Å². The number of nitrogens with zero attached hydrogens (tertiary/aromatic N) is 2. The number of para-hydroxylation sites is 2. The molecule has 0 unspecified atom stereocenters. The first-order valence-electron chi connectivity index (χ1n) is 23.0. The van der Waals surface area contributed by atoms with Crippen LogP contribution in [0.2, 0.25) is 0 Å². The third-order valence-electron chi connectivity index (χ3n) is 14.1. The van der Waals surface area contributed by atoms with E-state index in [2.05, 4.69) is 222 Å². The third kappa shape index (κ3) is 6.77. The van der Waals surface area contributed by atoms with Gasteiger partial charge in [0.25, 0.3) is 0 Å². The van der Waals surface area contributed by atoms with Crippen LogP contribution in [0.25, 0.3) is 32.3 Å². The van der Waals surface area contributed by atoms with Crippen molar-refractivity contribution in [2.24, 2.45) is 0 Å². The molecule has 0 N–H and O–H groups in total. The van der Waals surface area contributed by atoms with Crippen LogP contribution in [0.15, 0.2) is 115 Å². The second-order valence-corrected chi connectivity index (χ2v) is 21.6. The van der Waals surface area contributed by atoms with Crippen LogP contribution in [0, 0.1) is 27.7 Å². The molecule has 1 aliphatic rings. The molecule has 0 heterocycles. The minimum Gasteiger partial charge on any atom is -0.309 e. The Morgan fingerprint density at radius 1 is 0.500 bits per heavy atom. The highest BCUT2D eigenvalue weighted by Crippen LogP contribution is 2.55. The van der Waals surface area contributed by atoms with Gasteiger partial charge in [0.2, 0.25) is 0 Å². The van der Waals surface area contributed by atoms with E-state index in [-0.39, 0.29) is 16.2 Å². The summed E-state index contributed by atoms with van der Waals surface area (Å²) in [6, 6.07) is 44.6. The highest BCUT2D eigenvalue weighted by atomic mass is 15.2. The Kier molecular flexibility index (Phi) is 9.93. The van der Waals surface area contributed by atoms with E-state index in [1.807, 2.05) is 0 Å².